The van der Waals surface area contributed by atoms with Gasteiger partial charge in [0.1, 0.15) is 0 Å². The lowest BCUT2D eigenvalue weighted by Gasteiger charge is -2.11. The van der Waals surface area contributed by atoms with E-state index in [1.807, 2.05) is 12.1 Å². The number of rotatable bonds is 6. The van der Waals surface area contributed by atoms with Crippen LogP contribution in [0, 0.1) is 10.1 Å². The van der Waals surface area contributed by atoms with Crippen LogP contribution in [0.3, 0.4) is 0 Å². The lowest BCUT2D eigenvalue weighted by atomic mass is 10.1. The molecular formula is C18H19N3O4. The van der Waals surface area contributed by atoms with Crippen LogP contribution in [-0.2, 0) is 11.2 Å². The highest BCUT2D eigenvalue weighted by atomic mass is 16.6. The van der Waals surface area contributed by atoms with Crippen molar-refractivity contribution in [2.45, 2.75) is 12.8 Å². The topological polar surface area (TPSA) is 92.6 Å². The Balaban J connectivity index is 2.02. The summed E-state index contributed by atoms with van der Waals surface area (Å²) in [6, 6.07) is 12.7. The summed E-state index contributed by atoms with van der Waals surface area (Å²) >= 11 is 0. The van der Waals surface area contributed by atoms with Crippen molar-refractivity contribution in [3.8, 4) is 0 Å². The Kier molecular flexibility index (Phi) is 5.84. The van der Waals surface area contributed by atoms with Gasteiger partial charge in [-0.3, -0.25) is 19.7 Å². The van der Waals surface area contributed by atoms with Gasteiger partial charge in [-0.1, -0.05) is 12.1 Å². The number of hydrogen-bond acceptors (Lipinski definition) is 4. The van der Waals surface area contributed by atoms with E-state index in [0.29, 0.717) is 24.1 Å². The molecule has 2 amide bonds. The summed E-state index contributed by atoms with van der Waals surface area (Å²) in [5.74, 6) is -0.309. The number of carbonyl (C=O) groups is 2. The molecule has 0 radical (unpaired) electrons. The van der Waals surface area contributed by atoms with E-state index in [1.165, 1.54) is 24.3 Å². The summed E-state index contributed by atoms with van der Waals surface area (Å²) in [5, 5.41) is 13.4. The number of hydrogen-bond donors (Lipinski definition) is 1. The lowest BCUT2D eigenvalue weighted by Crippen LogP contribution is -2.21. The van der Waals surface area contributed by atoms with Crippen LogP contribution in [0.15, 0.2) is 48.5 Å². The van der Waals surface area contributed by atoms with E-state index in [2.05, 4.69) is 5.32 Å². The van der Waals surface area contributed by atoms with Crippen LogP contribution in [0.4, 0.5) is 11.4 Å². The maximum atomic E-state index is 12.2. The Hall–Kier alpha value is -3.22. The molecule has 0 fully saturated rings. The summed E-state index contributed by atoms with van der Waals surface area (Å²) in [7, 11) is 3.42. The lowest BCUT2D eigenvalue weighted by molar-refractivity contribution is -0.384. The van der Waals surface area contributed by atoms with Crippen molar-refractivity contribution in [2.24, 2.45) is 0 Å². The number of aryl methyl sites for hydroxylation is 1. The fraction of sp³-hybridized carbons (Fsp3) is 0.222. The zero-order chi connectivity index (χ0) is 18.4. The molecule has 25 heavy (non-hydrogen) atoms. The smallest absolute Gasteiger partial charge is 0.269 e. The molecule has 0 saturated carbocycles. The molecule has 0 saturated heterocycles. The SMILES string of the molecule is CN(C)C(=O)CCc1cccc(NC(=O)c2ccc([N+](=O)[O-])cc2)c1. The van der Waals surface area contributed by atoms with Gasteiger partial charge in [0, 0.05) is 43.9 Å². The fourth-order valence-electron chi connectivity index (χ4n) is 2.22. The Morgan fingerprint density at radius 3 is 2.40 bits per heavy atom. The molecule has 2 aromatic rings. The van der Waals surface area contributed by atoms with Gasteiger partial charge in [-0.15, -0.1) is 0 Å². The number of nitrogens with zero attached hydrogens (tertiary/aromatic N) is 2. The molecule has 0 spiro atoms. The first-order valence-corrected chi connectivity index (χ1v) is 7.71. The van der Waals surface area contributed by atoms with Crippen molar-refractivity contribution in [1.29, 1.82) is 0 Å². The van der Waals surface area contributed by atoms with E-state index in [9.17, 15) is 19.7 Å². The summed E-state index contributed by atoms with van der Waals surface area (Å²) in [6.07, 6.45) is 0.977. The van der Waals surface area contributed by atoms with Crippen molar-refractivity contribution < 1.29 is 14.5 Å². The molecule has 0 bridgehead atoms. The first-order chi connectivity index (χ1) is 11.9. The summed E-state index contributed by atoms with van der Waals surface area (Å²) in [6.45, 7) is 0. The number of carbonyl (C=O) groups excluding carboxylic acids is 2. The van der Waals surface area contributed by atoms with Crippen molar-refractivity contribution in [1.82, 2.24) is 4.90 Å². The Bertz CT molecular complexity index is 785. The molecule has 0 atom stereocenters. The second-order valence-electron chi connectivity index (χ2n) is 5.75. The van der Waals surface area contributed by atoms with Crippen molar-refractivity contribution in [2.75, 3.05) is 19.4 Å². The van der Waals surface area contributed by atoms with Crippen LogP contribution in [0.5, 0.6) is 0 Å². The average molecular weight is 341 g/mol. The van der Waals surface area contributed by atoms with Gasteiger partial charge in [0.15, 0.2) is 0 Å². The normalized spacial score (nSPS) is 10.2. The van der Waals surface area contributed by atoms with Gasteiger partial charge < -0.3 is 10.2 Å². The second-order valence-corrected chi connectivity index (χ2v) is 5.75. The van der Waals surface area contributed by atoms with Gasteiger partial charge in [0.2, 0.25) is 5.91 Å². The molecule has 2 rings (SSSR count). The van der Waals surface area contributed by atoms with Crippen LogP contribution < -0.4 is 5.32 Å². The number of non-ortho nitro benzene ring substituents is 1. The Morgan fingerprint density at radius 1 is 1.12 bits per heavy atom. The first kappa shape index (κ1) is 18.1. The number of nitrogens with one attached hydrogen (secondary N) is 1. The van der Waals surface area contributed by atoms with Gasteiger partial charge in [-0.2, -0.15) is 0 Å². The first-order valence-electron chi connectivity index (χ1n) is 7.71. The highest BCUT2D eigenvalue weighted by Gasteiger charge is 2.10. The predicted molar refractivity (Wildman–Crippen MR) is 94.5 cm³/mol. The molecule has 2 aromatic carbocycles. The molecule has 130 valence electrons. The molecule has 0 heterocycles. The van der Waals surface area contributed by atoms with E-state index in [0.717, 1.165) is 5.56 Å². The van der Waals surface area contributed by atoms with Gasteiger partial charge in [0.25, 0.3) is 11.6 Å². The standard InChI is InChI=1S/C18H19N3O4/c1-20(2)17(22)11-6-13-4-3-5-15(12-13)19-18(23)14-7-9-16(10-8-14)21(24)25/h3-5,7-10,12H,6,11H2,1-2H3,(H,19,23). The Labute approximate surface area is 145 Å². The van der Waals surface area contributed by atoms with Crippen molar-refractivity contribution >= 4 is 23.2 Å². The molecule has 0 unspecified atom stereocenters. The van der Waals surface area contributed by atoms with Crippen LogP contribution in [-0.4, -0.2) is 35.7 Å². The van der Waals surface area contributed by atoms with E-state index in [4.69, 9.17) is 0 Å². The minimum Gasteiger partial charge on any atom is -0.349 e. The zero-order valence-electron chi connectivity index (χ0n) is 14.1. The molecule has 0 aromatic heterocycles. The van der Waals surface area contributed by atoms with Gasteiger partial charge in [-0.05, 0) is 36.2 Å². The maximum absolute atomic E-state index is 12.2. The highest BCUT2D eigenvalue weighted by Crippen LogP contribution is 2.16. The number of amides is 2. The van der Waals surface area contributed by atoms with Crippen LogP contribution in [0.25, 0.3) is 0 Å². The fourth-order valence-corrected chi connectivity index (χ4v) is 2.22. The summed E-state index contributed by atoms with van der Waals surface area (Å²) in [5.41, 5.74) is 1.82. The summed E-state index contributed by atoms with van der Waals surface area (Å²) in [4.78, 5) is 35.5. The van der Waals surface area contributed by atoms with E-state index in [1.54, 1.807) is 31.1 Å². The van der Waals surface area contributed by atoms with Gasteiger partial charge in [-0.25, -0.2) is 0 Å². The van der Waals surface area contributed by atoms with Crippen LogP contribution >= 0.6 is 0 Å². The van der Waals surface area contributed by atoms with Crippen LogP contribution in [0.1, 0.15) is 22.3 Å². The average Bonchev–Trinajstić information content (AvgIpc) is 2.60. The number of nitro benzene ring substituents is 1. The quantitative estimate of drug-likeness (QED) is 0.646. The third-order valence-corrected chi connectivity index (χ3v) is 3.65. The van der Waals surface area contributed by atoms with Gasteiger partial charge in [0.05, 0.1) is 4.92 Å². The molecule has 1 N–H and O–H groups in total. The second kappa shape index (κ2) is 8.05. The monoisotopic (exact) mass is 341 g/mol. The van der Waals surface area contributed by atoms with Crippen LogP contribution in [0.2, 0.25) is 0 Å². The minimum atomic E-state index is -0.514. The van der Waals surface area contributed by atoms with E-state index < -0.39 is 4.92 Å². The summed E-state index contributed by atoms with van der Waals surface area (Å²) < 4.78 is 0. The van der Waals surface area contributed by atoms with Gasteiger partial charge >= 0.3 is 0 Å². The third kappa shape index (κ3) is 5.13. The van der Waals surface area contributed by atoms with Crippen molar-refractivity contribution in [3.63, 3.8) is 0 Å². The molecule has 0 aliphatic rings. The minimum absolute atomic E-state index is 0.0420. The molecule has 7 heteroatoms. The molecular weight excluding hydrogens is 322 g/mol. The molecule has 7 nitrogen and oxygen atoms in total. The number of anilines is 1. The molecule has 0 aliphatic carbocycles. The number of benzene rings is 2. The largest absolute Gasteiger partial charge is 0.349 e. The van der Waals surface area contributed by atoms with Crippen molar-refractivity contribution in [3.05, 3.63) is 69.8 Å². The van der Waals surface area contributed by atoms with E-state index >= 15 is 0 Å². The third-order valence-electron chi connectivity index (χ3n) is 3.65. The highest BCUT2D eigenvalue weighted by molar-refractivity contribution is 6.04. The predicted octanol–water partition coefficient (Wildman–Crippen LogP) is 2.87. The molecule has 0 aliphatic heterocycles. The number of nitro groups is 1. The maximum Gasteiger partial charge on any atom is 0.269 e. The zero-order valence-corrected chi connectivity index (χ0v) is 14.1. The Morgan fingerprint density at radius 2 is 1.80 bits per heavy atom. The van der Waals surface area contributed by atoms with E-state index in [-0.39, 0.29) is 17.5 Å².